The predicted octanol–water partition coefficient (Wildman–Crippen LogP) is 3.63. The number of nitrogens with zero attached hydrogens (tertiary/aromatic N) is 3. The van der Waals surface area contributed by atoms with Gasteiger partial charge >= 0.3 is 0 Å². The fourth-order valence-corrected chi connectivity index (χ4v) is 4.22. The zero-order chi connectivity index (χ0) is 21.9. The Kier molecular flexibility index (Phi) is 5.64. The average molecular weight is 429 g/mol. The maximum absolute atomic E-state index is 12.2. The number of para-hydroxylation sites is 1. The third kappa shape index (κ3) is 4.38. The van der Waals surface area contributed by atoms with Crippen molar-refractivity contribution in [3.63, 3.8) is 0 Å². The lowest BCUT2D eigenvalue weighted by Crippen LogP contribution is -2.43. The Morgan fingerprint density at radius 3 is 2.56 bits per heavy atom. The van der Waals surface area contributed by atoms with Crippen molar-refractivity contribution in [2.45, 2.75) is 18.9 Å². The van der Waals surface area contributed by atoms with Crippen molar-refractivity contribution in [1.82, 2.24) is 10.3 Å². The largest absolute Gasteiger partial charge is 0.369 e. The van der Waals surface area contributed by atoms with E-state index in [0.29, 0.717) is 17.4 Å². The molecule has 1 aliphatic carbocycles. The number of hydrogen-bond donors (Lipinski definition) is 3. The van der Waals surface area contributed by atoms with Gasteiger partial charge in [0, 0.05) is 61.5 Å². The second-order valence-corrected chi connectivity index (χ2v) is 8.30. The summed E-state index contributed by atoms with van der Waals surface area (Å²) in [6.07, 6.45) is 3.76. The third-order valence-corrected chi connectivity index (χ3v) is 5.95. The summed E-state index contributed by atoms with van der Waals surface area (Å²) in [5.41, 5.74) is 10.1. The van der Waals surface area contributed by atoms with Crippen LogP contribution in [0.15, 0.2) is 66.9 Å². The van der Waals surface area contributed by atoms with E-state index < -0.39 is 5.91 Å². The van der Waals surface area contributed by atoms with Gasteiger partial charge in [0.1, 0.15) is 5.82 Å². The quantitative estimate of drug-likeness (QED) is 0.533. The fraction of sp³-hybridized carbons (Fsp3) is 0.280. The van der Waals surface area contributed by atoms with Crippen LogP contribution in [0.3, 0.4) is 0 Å². The van der Waals surface area contributed by atoms with Crippen LogP contribution in [-0.2, 0) is 0 Å². The van der Waals surface area contributed by atoms with Crippen molar-refractivity contribution in [1.29, 1.82) is 0 Å². The summed E-state index contributed by atoms with van der Waals surface area (Å²) in [7, 11) is 0. The molecule has 32 heavy (non-hydrogen) atoms. The molecule has 0 spiro atoms. The van der Waals surface area contributed by atoms with Crippen LogP contribution in [0.25, 0.3) is 0 Å². The van der Waals surface area contributed by atoms with Crippen molar-refractivity contribution in [3.05, 3.63) is 72.4 Å². The van der Waals surface area contributed by atoms with E-state index in [4.69, 9.17) is 5.73 Å². The van der Waals surface area contributed by atoms with Gasteiger partial charge in [-0.3, -0.25) is 4.79 Å². The highest BCUT2D eigenvalue weighted by molar-refractivity contribution is 6.00. The van der Waals surface area contributed by atoms with E-state index in [1.54, 1.807) is 6.20 Å². The number of nitrogens with two attached hydrogens (primary N) is 1. The molecule has 7 nitrogen and oxygen atoms in total. The van der Waals surface area contributed by atoms with Gasteiger partial charge in [0.15, 0.2) is 0 Å². The lowest BCUT2D eigenvalue weighted by molar-refractivity contribution is 0.100. The van der Waals surface area contributed by atoms with Crippen molar-refractivity contribution in [2.75, 3.05) is 41.3 Å². The summed E-state index contributed by atoms with van der Waals surface area (Å²) < 4.78 is 0. The number of carbonyl (C=O) groups is 1. The van der Waals surface area contributed by atoms with E-state index in [1.165, 1.54) is 5.69 Å². The second-order valence-electron chi connectivity index (χ2n) is 8.30. The van der Waals surface area contributed by atoms with Crippen LogP contribution in [0.2, 0.25) is 0 Å². The number of hydrogen-bond acceptors (Lipinski definition) is 6. The Labute approximate surface area is 188 Å². The molecule has 0 atom stereocenters. The molecule has 7 heteroatoms. The average Bonchev–Trinajstić information content (AvgIpc) is 3.66. The predicted molar refractivity (Wildman–Crippen MR) is 129 cm³/mol. The number of aromatic nitrogens is 1. The third-order valence-electron chi connectivity index (χ3n) is 5.95. The molecular formula is C25H28N6O. The summed E-state index contributed by atoms with van der Waals surface area (Å²) in [5, 5.41) is 6.81. The molecule has 0 unspecified atom stereocenters. The number of amides is 1. The molecule has 2 aliphatic rings. The van der Waals surface area contributed by atoms with E-state index in [1.807, 2.05) is 30.3 Å². The molecule has 2 fully saturated rings. The summed E-state index contributed by atoms with van der Waals surface area (Å²) in [6.45, 7) is 3.97. The van der Waals surface area contributed by atoms with Crippen LogP contribution in [0, 0.1) is 0 Å². The van der Waals surface area contributed by atoms with Crippen molar-refractivity contribution in [2.24, 2.45) is 5.73 Å². The number of rotatable bonds is 7. The molecule has 1 saturated carbocycles. The summed E-state index contributed by atoms with van der Waals surface area (Å²) in [4.78, 5) is 21.3. The fourth-order valence-electron chi connectivity index (χ4n) is 4.22. The lowest BCUT2D eigenvalue weighted by atomic mass is 10.1. The number of benzene rings is 2. The van der Waals surface area contributed by atoms with Crippen molar-refractivity contribution < 1.29 is 4.79 Å². The zero-order valence-electron chi connectivity index (χ0n) is 18.0. The minimum absolute atomic E-state index is 0.363. The van der Waals surface area contributed by atoms with Gasteiger partial charge in [0.25, 0.3) is 5.91 Å². The number of primary amides is 1. The molecule has 4 N–H and O–H groups in total. The maximum Gasteiger partial charge on any atom is 0.252 e. The van der Waals surface area contributed by atoms with Crippen LogP contribution >= 0.6 is 0 Å². The van der Waals surface area contributed by atoms with E-state index in [9.17, 15) is 4.79 Å². The number of pyridine rings is 1. The molecule has 1 saturated heterocycles. The number of carbonyl (C=O) groups excluding carboxylic acids is 1. The zero-order valence-corrected chi connectivity index (χ0v) is 18.0. The lowest BCUT2D eigenvalue weighted by Gasteiger charge is -2.29. The van der Waals surface area contributed by atoms with Crippen molar-refractivity contribution >= 4 is 34.5 Å². The van der Waals surface area contributed by atoms with Gasteiger partial charge in [0.05, 0.1) is 11.3 Å². The van der Waals surface area contributed by atoms with Crippen molar-refractivity contribution in [3.8, 4) is 0 Å². The van der Waals surface area contributed by atoms with Crippen LogP contribution in [0.1, 0.15) is 23.2 Å². The maximum atomic E-state index is 12.2. The van der Waals surface area contributed by atoms with Crippen LogP contribution in [-0.4, -0.2) is 43.1 Å². The molecule has 2 heterocycles. The van der Waals surface area contributed by atoms with Gasteiger partial charge in [-0.15, -0.1) is 0 Å². The summed E-state index contributed by atoms with van der Waals surface area (Å²) in [5.74, 6) is 0.213. The van der Waals surface area contributed by atoms with E-state index in [0.717, 1.165) is 56.1 Å². The minimum atomic E-state index is -0.471. The second kappa shape index (κ2) is 8.88. The highest BCUT2D eigenvalue weighted by atomic mass is 16.1. The summed E-state index contributed by atoms with van der Waals surface area (Å²) >= 11 is 0. The number of nitrogens with one attached hydrogen (secondary N) is 2. The smallest absolute Gasteiger partial charge is 0.252 e. The number of piperazine rings is 1. The monoisotopic (exact) mass is 428 g/mol. The molecule has 1 aliphatic heterocycles. The summed E-state index contributed by atoms with van der Waals surface area (Å²) in [6, 6.07) is 20.8. The van der Waals surface area contributed by atoms with Gasteiger partial charge in [0.2, 0.25) is 0 Å². The molecule has 3 aromatic rings. The molecule has 0 radical (unpaired) electrons. The first-order chi connectivity index (χ1) is 15.7. The Hall–Kier alpha value is -3.58. The Morgan fingerprint density at radius 1 is 1.06 bits per heavy atom. The first-order valence-corrected chi connectivity index (χ1v) is 11.2. The topological polar surface area (TPSA) is 86.5 Å². The van der Waals surface area contributed by atoms with Crippen LogP contribution in [0.5, 0.6) is 0 Å². The number of anilines is 5. The van der Waals surface area contributed by atoms with Gasteiger partial charge in [-0.25, -0.2) is 4.98 Å². The minimum Gasteiger partial charge on any atom is -0.369 e. The standard InChI is InChI=1S/C25H28N6O/c26-25(32)22-17-28-24(16-23(22)31(20-9-10-20)19-6-2-1-3-7-19)29-18-5-4-8-21(15-18)30-13-11-27-12-14-30/h1-8,15-17,20,27H,9-14H2,(H2,26,32)(H,28,29). The molecule has 2 aromatic carbocycles. The van der Waals surface area contributed by atoms with E-state index in [-0.39, 0.29) is 0 Å². The normalized spacial score (nSPS) is 15.9. The highest BCUT2D eigenvalue weighted by Crippen LogP contribution is 2.40. The Bertz CT molecular complexity index is 1090. The first-order valence-electron chi connectivity index (χ1n) is 11.2. The molecule has 5 rings (SSSR count). The first kappa shape index (κ1) is 20.3. The SMILES string of the molecule is NC(=O)c1cnc(Nc2cccc(N3CCNCC3)c2)cc1N(c1ccccc1)C1CC1. The van der Waals surface area contributed by atoms with Gasteiger partial charge < -0.3 is 26.2 Å². The molecule has 1 aromatic heterocycles. The van der Waals surface area contributed by atoms with E-state index >= 15 is 0 Å². The van der Waals surface area contributed by atoms with E-state index in [2.05, 4.69) is 55.7 Å². The Morgan fingerprint density at radius 2 is 1.84 bits per heavy atom. The highest BCUT2D eigenvalue weighted by Gasteiger charge is 2.32. The Balaban J connectivity index is 1.46. The van der Waals surface area contributed by atoms with Crippen LogP contribution in [0.4, 0.5) is 28.6 Å². The molecule has 1 amide bonds. The molecule has 0 bridgehead atoms. The molecular weight excluding hydrogens is 400 g/mol. The molecule has 164 valence electrons. The van der Waals surface area contributed by atoms with Gasteiger partial charge in [-0.05, 0) is 43.2 Å². The van der Waals surface area contributed by atoms with Crippen LogP contribution < -0.4 is 26.2 Å². The van der Waals surface area contributed by atoms with Gasteiger partial charge in [-0.1, -0.05) is 24.3 Å². The van der Waals surface area contributed by atoms with Gasteiger partial charge in [-0.2, -0.15) is 0 Å².